The third-order valence-electron chi connectivity index (χ3n) is 3.20. The third kappa shape index (κ3) is 3.55. The van der Waals surface area contributed by atoms with Crippen molar-refractivity contribution in [1.82, 2.24) is 10.3 Å². The van der Waals surface area contributed by atoms with E-state index in [1.807, 2.05) is 37.9 Å². The molecule has 0 aliphatic carbocycles. The molecule has 100 valence electrons. The minimum absolute atomic E-state index is 0.138. The van der Waals surface area contributed by atoms with Crippen LogP contribution in [0.5, 0.6) is 0 Å². The van der Waals surface area contributed by atoms with E-state index in [1.165, 1.54) is 11.1 Å². The molecule has 0 radical (unpaired) electrons. The Morgan fingerprint density at radius 2 is 2.00 bits per heavy atom. The van der Waals surface area contributed by atoms with Crippen LogP contribution in [0.2, 0.25) is 0 Å². The Labute approximate surface area is 109 Å². The summed E-state index contributed by atoms with van der Waals surface area (Å²) in [6.07, 6.45) is 0. The number of nitrogens with two attached hydrogens (primary N) is 1. The number of carbonyl (C=O) groups is 1. The Morgan fingerprint density at radius 1 is 1.39 bits per heavy atom. The van der Waals surface area contributed by atoms with Crippen molar-refractivity contribution in [3.05, 3.63) is 35.4 Å². The highest BCUT2D eigenvalue weighted by atomic mass is 16.2. The first-order valence-corrected chi connectivity index (χ1v) is 6.22. The fourth-order valence-corrected chi connectivity index (χ4v) is 2.25. The van der Waals surface area contributed by atoms with Gasteiger partial charge in [-0.1, -0.05) is 38.1 Å². The first-order chi connectivity index (χ1) is 8.47. The van der Waals surface area contributed by atoms with Crippen molar-refractivity contribution < 1.29 is 4.79 Å². The molecule has 0 saturated heterocycles. The molecule has 4 nitrogen and oxygen atoms in total. The largest absolute Gasteiger partial charge is 0.293 e. The third-order valence-corrected chi connectivity index (χ3v) is 3.20. The average Bonchev–Trinajstić information content (AvgIpc) is 2.31. The van der Waals surface area contributed by atoms with Crippen LogP contribution in [-0.4, -0.2) is 23.9 Å². The van der Waals surface area contributed by atoms with E-state index in [1.54, 1.807) is 0 Å². The number of likely N-dealkylation sites (N-methyl/N-ethyl adjacent to an activating group) is 1. The SMILES string of the molecule is Cc1ccccc1CN(C)C(C(=O)NN)C(C)C. The number of benzene rings is 1. The Balaban J connectivity index is 2.82. The molecule has 1 amide bonds. The lowest BCUT2D eigenvalue weighted by atomic mass is 10.0. The van der Waals surface area contributed by atoms with Crippen molar-refractivity contribution in [2.75, 3.05) is 7.05 Å². The van der Waals surface area contributed by atoms with Gasteiger partial charge in [0.1, 0.15) is 0 Å². The van der Waals surface area contributed by atoms with Crippen LogP contribution in [0, 0.1) is 12.8 Å². The Kier molecular flexibility index (Phi) is 5.31. The summed E-state index contributed by atoms with van der Waals surface area (Å²) in [5, 5.41) is 0. The molecule has 4 heteroatoms. The number of nitrogens with zero attached hydrogens (tertiary/aromatic N) is 1. The molecular formula is C14H23N3O. The zero-order valence-corrected chi connectivity index (χ0v) is 11.6. The molecule has 1 aromatic rings. The van der Waals surface area contributed by atoms with Crippen LogP contribution in [-0.2, 0) is 11.3 Å². The number of hydrazine groups is 1. The van der Waals surface area contributed by atoms with Gasteiger partial charge in [-0.3, -0.25) is 15.1 Å². The summed E-state index contributed by atoms with van der Waals surface area (Å²) in [5.74, 6) is 5.32. The molecule has 0 aromatic heterocycles. The van der Waals surface area contributed by atoms with Gasteiger partial charge in [0.2, 0.25) is 0 Å². The molecule has 0 bridgehead atoms. The summed E-state index contributed by atoms with van der Waals surface area (Å²) in [7, 11) is 1.95. The van der Waals surface area contributed by atoms with Crippen molar-refractivity contribution >= 4 is 5.91 Å². The number of aryl methyl sites for hydroxylation is 1. The van der Waals surface area contributed by atoms with Gasteiger partial charge in [0.05, 0.1) is 6.04 Å². The maximum atomic E-state index is 11.8. The van der Waals surface area contributed by atoms with Crippen molar-refractivity contribution in [3.63, 3.8) is 0 Å². The standard InChI is InChI=1S/C14H23N3O/c1-10(2)13(14(18)16-15)17(4)9-12-8-6-5-7-11(12)3/h5-8,10,13H,9,15H2,1-4H3,(H,16,18). The quantitative estimate of drug-likeness (QED) is 0.471. The number of carbonyl (C=O) groups excluding carboxylic acids is 1. The van der Waals surface area contributed by atoms with Gasteiger partial charge in [-0.05, 0) is 31.0 Å². The summed E-state index contributed by atoms with van der Waals surface area (Å²) in [6.45, 7) is 6.86. The van der Waals surface area contributed by atoms with E-state index in [0.717, 1.165) is 6.54 Å². The lowest BCUT2D eigenvalue weighted by Gasteiger charge is -2.29. The lowest BCUT2D eigenvalue weighted by Crippen LogP contribution is -2.50. The van der Waals surface area contributed by atoms with E-state index in [-0.39, 0.29) is 17.9 Å². The van der Waals surface area contributed by atoms with Gasteiger partial charge < -0.3 is 0 Å². The maximum Gasteiger partial charge on any atom is 0.251 e. The minimum atomic E-state index is -0.213. The Morgan fingerprint density at radius 3 is 2.50 bits per heavy atom. The summed E-state index contributed by atoms with van der Waals surface area (Å²) in [5.41, 5.74) is 4.72. The van der Waals surface area contributed by atoms with Gasteiger partial charge in [0.15, 0.2) is 0 Å². The molecule has 0 saturated carbocycles. The van der Waals surface area contributed by atoms with Crippen LogP contribution < -0.4 is 11.3 Å². The average molecular weight is 249 g/mol. The van der Waals surface area contributed by atoms with Crippen LogP contribution in [0.4, 0.5) is 0 Å². The molecule has 1 unspecified atom stereocenters. The van der Waals surface area contributed by atoms with E-state index in [2.05, 4.69) is 24.5 Å². The van der Waals surface area contributed by atoms with Gasteiger partial charge in [0.25, 0.3) is 5.91 Å². The van der Waals surface area contributed by atoms with Crippen molar-refractivity contribution in [2.45, 2.75) is 33.4 Å². The monoisotopic (exact) mass is 249 g/mol. The highest BCUT2D eigenvalue weighted by molar-refractivity contribution is 5.81. The van der Waals surface area contributed by atoms with Crippen LogP contribution in [0.25, 0.3) is 0 Å². The molecular weight excluding hydrogens is 226 g/mol. The zero-order chi connectivity index (χ0) is 13.7. The molecule has 0 fully saturated rings. The first kappa shape index (κ1) is 14.7. The number of rotatable bonds is 5. The topological polar surface area (TPSA) is 58.4 Å². The second-order valence-corrected chi connectivity index (χ2v) is 5.04. The summed E-state index contributed by atoms with van der Waals surface area (Å²) in [6, 6.07) is 7.99. The smallest absolute Gasteiger partial charge is 0.251 e. The van der Waals surface area contributed by atoms with Crippen LogP contribution >= 0.6 is 0 Å². The van der Waals surface area contributed by atoms with Crippen molar-refractivity contribution in [2.24, 2.45) is 11.8 Å². The molecule has 1 aromatic carbocycles. The fraction of sp³-hybridized carbons (Fsp3) is 0.500. The highest BCUT2D eigenvalue weighted by Gasteiger charge is 2.26. The molecule has 3 N–H and O–H groups in total. The molecule has 1 atom stereocenters. The second kappa shape index (κ2) is 6.52. The molecule has 18 heavy (non-hydrogen) atoms. The van der Waals surface area contributed by atoms with Crippen LogP contribution in [0.1, 0.15) is 25.0 Å². The van der Waals surface area contributed by atoms with Gasteiger partial charge >= 0.3 is 0 Å². The second-order valence-electron chi connectivity index (χ2n) is 5.04. The first-order valence-electron chi connectivity index (χ1n) is 6.22. The van der Waals surface area contributed by atoms with Crippen molar-refractivity contribution in [1.29, 1.82) is 0 Å². The number of nitrogens with one attached hydrogen (secondary N) is 1. The predicted octanol–water partition coefficient (Wildman–Crippen LogP) is 1.44. The van der Waals surface area contributed by atoms with E-state index in [4.69, 9.17) is 5.84 Å². The summed E-state index contributed by atoms with van der Waals surface area (Å²) < 4.78 is 0. The maximum absolute atomic E-state index is 11.8. The van der Waals surface area contributed by atoms with E-state index < -0.39 is 0 Å². The number of amides is 1. The minimum Gasteiger partial charge on any atom is -0.293 e. The van der Waals surface area contributed by atoms with Gasteiger partial charge in [-0.25, -0.2) is 5.84 Å². The van der Waals surface area contributed by atoms with Gasteiger partial charge in [-0.15, -0.1) is 0 Å². The molecule has 1 rings (SSSR count). The zero-order valence-electron chi connectivity index (χ0n) is 11.6. The lowest BCUT2D eigenvalue weighted by molar-refractivity contribution is -0.127. The van der Waals surface area contributed by atoms with E-state index in [0.29, 0.717) is 0 Å². The fourth-order valence-electron chi connectivity index (χ4n) is 2.25. The van der Waals surface area contributed by atoms with E-state index >= 15 is 0 Å². The normalized spacial score (nSPS) is 12.8. The van der Waals surface area contributed by atoms with E-state index in [9.17, 15) is 4.79 Å². The number of hydrogen-bond donors (Lipinski definition) is 2. The molecule has 0 aliphatic rings. The van der Waals surface area contributed by atoms with Crippen molar-refractivity contribution in [3.8, 4) is 0 Å². The van der Waals surface area contributed by atoms with Gasteiger partial charge in [0, 0.05) is 6.54 Å². The van der Waals surface area contributed by atoms with Crippen LogP contribution in [0.3, 0.4) is 0 Å². The van der Waals surface area contributed by atoms with Crippen LogP contribution in [0.15, 0.2) is 24.3 Å². The van der Waals surface area contributed by atoms with Gasteiger partial charge in [-0.2, -0.15) is 0 Å². The predicted molar refractivity (Wildman–Crippen MR) is 73.6 cm³/mol. The summed E-state index contributed by atoms with van der Waals surface area (Å²) >= 11 is 0. The molecule has 0 heterocycles. The molecule has 0 spiro atoms. The molecule has 0 aliphatic heterocycles. The number of hydrogen-bond acceptors (Lipinski definition) is 3. The Bertz CT molecular complexity index is 404. The Hall–Kier alpha value is -1.39. The summed E-state index contributed by atoms with van der Waals surface area (Å²) in [4.78, 5) is 13.8. The highest BCUT2D eigenvalue weighted by Crippen LogP contribution is 2.15.